The van der Waals surface area contributed by atoms with E-state index in [1.54, 1.807) is 29.3 Å². The molecule has 4 rings (SSSR count). The van der Waals surface area contributed by atoms with Gasteiger partial charge in [-0.25, -0.2) is 4.98 Å². The van der Waals surface area contributed by atoms with Gasteiger partial charge in [0.05, 0.1) is 5.02 Å². The fraction of sp³-hybridized carbons (Fsp3) is 0.350. The number of anilines is 2. The lowest BCUT2D eigenvalue weighted by Crippen LogP contribution is -2.37. The first-order valence-electron chi connectivity index (χ1n) is 9.18. The summed E-state index contributed by atoms with van der Waals surface area (Å²) in [4.78, 5) is 32.8. The van der Waals surface area contributed by atoms with Gasteiger partial charge in [0.15, 0.2) is 0 Å². The number of benzene rings is 1. The summed E-state index contributed by atoms with van der Waals surface area (Å²) in [7, 11) is 0. The van der Waals surface area contributed by atoms with Gasteiger partial charge in [0.1, 0.15) is 5.82 Å². The SMILES string of the molecule is O=C(NC1CCN(c2ncccc2Cl)C1)c1cccc(N2CCCC2=O)c1. The molecule has 2 aromatic rings. The average molecular weight is 385 g/mol. The van der Waals surface area contributed by atoms with E-state index in [0.717, 1.165) is 30.9 Å². The van der Waals surface area contributed by atoms with E-state index in [2.05, 4.69) is 15.2 Å². The van der Waals surface area contributed by atoms with E-state index in [-0.39, 0.29) is 17.9 Å². The summed E-state index contributed by atoms with van der Waals surface area (Å²) in [6, 6.07) is 10.9. The molecule has 1 unspecified atom stereocenters. The van der Waals surface area contributed by atoms with Crippen molar-refractivity contribution in [1.82, 2.24) is 10.3 Å². The van der Waals surface area contributed by atoms with Crippen molar-refractivity contribution < 1.29 is 9.59 Å². The van der Waals surface area contributed by atoms with Gasteiger partial charge in [0.2, 0.25) is 5.91 Å². The number of aromatic nitrogens is 1. The monoisotopic (exact) mass is 384 g/mol. The molecule has 0 radical (unpaired) electrons. The zero-order chi connectivity index (χ0) is 18.8. The first-order valence-corrected chi connectivity index (χ1v) is 9.56. The smallest absolute Gasteiger partial charge is 0.251 e. The van der Waals surface area contributed by atoms with E-state index < -0.39 is 0 Å². The van der Waals surface area contributed by atoms with Crippen LogP contribution in [0.15, 0.2) is 42.6 Å². The maximum atomic E-state index is 12.7. The quantitative estimate of drug-likeness (QED) is 0.880. The largest absolute Gasteiger partial charge is 0.353 e. The predicted molar refractivity (Wildman–Crippen MR) is 105 cm³/mol. The molecule has 1 aromatic heterocycles. The van der Waals surface area contributed by atoms with Crippen LogP contribution in [-0.2, 0) is 4.79 Å². The Morgan fingerprint density at radius 3 is 2.89 bits per heavy atom. The van der Waals surface area contributed by atoms with E-state index in [1.165, 1.54) is 0 Å². The first-order chi connectivity index (χ1) is 13.1. The van der Waals surface area contributed by atoms with E-state index in [0.29, 0.717) is 30.1 Å². The number of halogens is 1. The highest BCUT2D eigenvalue weighted by Gasteiger charge is 2.27. The van der Waals surface area contributed by atoms with E-state index in [9.17, 15) is 9.59 Å². The standard InChI is InChI=1S/C20H21ClN4O2/c21-17-6-2-9-22-19(17)24-11-8-15(13-24)23-20(27)14-4-1-5-16(12-14)25-10-3-7-18(25)26/h1-2,4-6,9,12,15H,3,7-8,10-11,13H2,(H,23,27). The molecule has 0 spiro atoms. The number of amides is 2. The van der Waals surface area contributed by atoms with Crippen molar-refractivity contribution in [2.24, 2.45) is 0 Å². The summed E-state index contributed by atoms with van der Waals surface area (Å²) < 4.78 is 0. The van der Waals surface area contributed by atoms with Crippen molar-refractivity contribution in [2.45, 2.75) is 25.3 Å². The van der Waals surface area contributed by atoms with Crippen LogP contribution in [0, 0.1) is 0 Å². The summed E-state index contributed by atoms with van der Waals surface area (Å²) in [5, 5.41) is 3.71. The molecule has 140 valence electrons. The zero-order valence-corrected chi connectivity index (χ0v) is 15.7. The maximum absolute atomic E-state index is 12.7. The minimum absolute atomic E-state index is 0.0349. The van der Waals surface area contributed by atoms with Crippen LogP contribution in [0.25, 0.3) is 0 Å². The van der Waals surface area contributed by atoms with Crippen LogP contribution in [-0.4, -0.2) is 42.5 Å². The Morgan fingerprint density at radius 2 is 2.11 bits per heavy atom. The van der Waals surface area contributed by atoms with Crippen molar-refractivity contribution in [1.29, 1.82) is 0 Å². The van der Waals surface area contributed by atoms with Crippen LogP contribution in [0.1, 0.15) is 29.6 Å². The minimum atomic E-state index is -0.123. The van der Waals surface area contributed by atoms with Gasteiger partial charge in [0, 0.05) is 49.5 Å². The van der Waals surface area contributed by atoms with E-state index >= 15 is 0 Å². The molecule has 1 aromatic carbocycles. The molecule has 1 N–H and O–H groups in total. The van der Waals surface area contributed by atoms with Crippen molar-refractivity contribution >= 4 is 34.9 Å². The molecule has 2 aliphatic heterocycles. The predicted octanol–water partition coefficient (Wildman–Crippen LogP) is 2.87. The van der Waals surface area contributed by atoms with Crippen LogP contribution in [0.4, 0.5) is 11.5 Å². The lowest BCUT2D eigenvalue weighted by atomic mass is 10.1. The molecule has 2 saturated heterocycles. The highest BCUT2D eigenvalue weighted by atomic mass is 35.5. The number of pyridine rings is 1. The van der Waals surface area contributed by atoms with Gasteiger partial charge in [-0.3, -0.25) is 9.59 Å². The Balaban J connectivity index is 1.41. The Morgan fingerprint density at radius 1 is 1.22 bits per heavy atom. The molecule has 7 heteroatoms. The number of hydrogen-bond donors (Lipinski definition) is 1. The normalized spacial score (nSPS) is 19.6. The highest BCUT2D eigenvalue weighted by Crippen LogP contribution is 2.26. The molecule has 3 heterocycles. The van der Waals surface area contributed by atoms with Gasteiger partial charge in [0.25, 0.3) is 5.91 Å². The van der Waals surface area contributed by atoms with E-state index in [4.69, 9.17) is 11.6 Å². The van der Waals surface area contributed by atoms with Gasteiger partial charge < -0.3 is 15.1 Å². The topological polar surface area (TPSA) is 65.5 Å². The van der Waals surface area contributed by atoms with Crippen LogP contribution in [0.5, 0.6) is 0 Å². The number of rotatable bonds is 4. The molecular formula is C20H21ClN4O2. The third-order valence-corrected chi connectivity index (χ3v) is 5.35. The molecule has 6 nitrogen and oxygen atoms in total. The van der Waals surface area contributed by atoms with Crippen molar-refractivity contribution in [3.8, 4) is 0 Å². The summed E-state index contributed by atoms with van der Waals surface area (Å²) in [5.41, 5.74) is 1.36. The fourth-order valence-corrected chi connectivity index (χ4v) is 3.93. The van der Waals surface area contributed by atoms with Gasteiger partial charge in [-0.1, -0.05) is 17.7 Å². The summed E-state index contributed by atoms with van der Waals surface area (Å²) in [6.07, 6.45) is 3.99. The molecule has 2 fully saturated rings. The Kier molecular flexibility index (Phi) is 4.99. The van der Waals surface area contributed by atoms with Crippen molar-refractivity contribution in [3.63, 3.8) is 0 Å². The fourth-order valence-electron chi connectivity index (χ4n) is 3.69. The van der Waals surface area contributed by atoms with Gasteiger partial charge >= 0.3 is 0 Å². The number of hydrogen-bond acceptors (Lipinski definition) is 4. The molecule has 2 aliphatic rings. The third-order valence-electron chi connectivity index (χ3n) is 5.06. The number of carbonyl (C=O) groups excluding carboxylic acids is 2. The first kappa shape index (κ1) is 17.8. The number of nitrogens with zero attached hydrogens (tertiary/aromatic N) is 3. The lowest BCUT2D eigenvalue weighted by Gasteiger charge is -2.19. The minimum Gasteiger partial charge on any atom is -0.353 e. The summed E-state index contributed by atoms with van der Waals surface area (Å²) in [5.74, 6) is 0.749. The van der Waals surface area contributed by atoms with Crippen LogP contribution in [0.2, 0.25) is 5.02 Å². The second-order valence-electron chi connectivity index (χ2n) is 6.91. The lowest BCUT2D eigenvalue weighted by molar-refractivity contribution is -0.117. The summed E-state index contributed by atoms with van der Waals surface area (Å²) in [6.45, 7) is 2.18. The Labute approximate surface area is 163 Å². The van der Waals surface area contributed by atoms with Crippen LogP contribution >= 0.6 is 11.6 Å². The van der Waals surface area contributed by atoms with Crippen LogP contribution in [0.3, 0.4) is 0 Å². The van der Waals surface area contributed by atoms with Gasteiger partial charge in [-0.15, -0.1) is 0 Å². The maximum Gasteiger partial charge on any atom is 0.251 e. The van der Waals surface area contributed by atoms with Crippen molar-refractivity contribution in [3.05, 3.63) is 53.2 Å². The second kappa shape index (κ2) is 7.56. The van der Waals surface area contributed by atoms with Gasteiger partial charge in [-0.05, 0) is 43.2 Å². The third kappa shape index (κ3) is 3.76. The van der Waals surface area contributed by atoms with Crippen molar-refractivity contribution in [2.75, 3.05) is 29.4 Å². The van der Waals surface area contributed by atoms with E-state index in [1.807, 2.05) is 18.2 Å². The molecule has 0 saturated carbocycles. The highest BCUT2D eigenvalue weighted by molar-refractivity contribution is 6.32. The molecule has 2 amide bonds. The number of nitrogens with one attached hydrogen (secondary N) is 1. The molecule has 1 atom stereocenters. The molecule has 27 heavy (non-hydrogen) atoms. The number of carbonyl (C=O) groups is 2. The average Bonchev–Trinajstić information content (AvgIpc) is 3.31. The second-order valence-corrected chi connectivity index (χ2v) is 7.32. The zero-order valence-electron chi connectivity index (χ0n) is 14.9. The van der Waals surface area contributed by atoms with Gasteiger partial charge in [-0.2, -0.15) is 0 Å². The molecule has 0 bridgehead atoms. The van der Waals surface area contributed by atoms with Crippen LogP contribution < -0.4 is 15.1 Å². The Hall–Kier alpha value is -2.60. The molecule has 0 aliphatic carbocycles. The summed E-state index contributed by atoms with van der Waals surface area (Å²) >= 11 is 6.22. The Bertz CT molecular complexity index is 873. The molecular weight excluding hydrogens is 364 g/mol.